The molecule has 2 heterocycles. The van der Waals surface area contributed by atoms with Crippen LogP contribution >= 0.6 is 93.6 Å². The van der Waals surface area contributed by atoms with Crippen molar-refractivity contribution in [3.8, 4) is 11.5 Å². The van der Waals surface area contributed by atoms with Gasteiger partial charge in [0.1, 0.15) is 0 Å². The second kappa shape index (κ2) is 10.7. The lowest BCUT2D eigenvalue weighted by atomic mass is 9.56. The molecule has 14 heteroatoms. The fourth-order valence-electron chi connectivity index (χ4n) is 6.92. The molecule has 6 rings (SSSR count). The minimum absolute atomic E-state index is 0.100. The third-order valence-corrected chi connectivity index (χ3v) is 13.6. The molecule has 220 valence electrons. The highest BCUT2D eigenvalue weighted by Crippen LogP contribution is 2.66. The number of rotatable bonds is 4. The molecule has 0 unspecified atom stereocenters. The number of benzene rings is 2. The van der Waals surface area contributed by atoms with Gasteiger partial charge in [0.25, 0.3) is 11.8 Å². The zero-order valence-electron chi connectivity index (χ0n) is 21.5. The second-order valence-corrected chi connectivity index (χ2v) is 15.2. The van der Waals surface area contributed by atoms with Crippen molar-refractivity contribution >= 4 is 123 Å². The number of hydrogen-bond donors (Lipinski definition) is 1. The molecule has 4 amide bonds. The summed E-state index contributed by atoms with van der Waals surface area (Å²) >= 11 is 26.9. The van der Waals surface area contributed by atoms with E-state index in [2.05, 4.69) is 70.4 Å². The maximum atomic E-state index is 14.1. The summed E-state index contributed by atoms with van der Waals surface area (Å²) in [6.45, 7) is 0. The summed E-state index contributed by atoms with van der Waals surface area (Å²) in [6, 6.07) is 8.63. The van der Waals surface area contributed by atoms with Gasteiger partial charge in [-0.1, -0.05) is 27.6 Å². The lowest BCUT2D eigenvalue weighted by Crippen LogP contribution is -2.60. The van der Waals surface area contributed by atoms with Crippen LogP contribution in [0.4, 0.5) is 5.69 Å². The highest BCUT2D eigenvalue weighted by Gasteiger charge is 2.76. The van der Waals surface area contributed by atoms with E-state index in [4.69, 9.17) is 27.9 Å². The smallest absolute Gasteiger partial charge is 0.254 e. The number of fused-ring (bicyclic) bond motifs is 4. The van der Waals surface area contributed by atoms with Crippen LogP contribution in [0.5, 0.6) is 11.5 Å². The molecule has 0 radical (unpaired) electrons. The molecular formula is C28H20Br3Cl2IN2O6. The van der Waals surface area contributed by atoms with Crippen LogP contribution in [-0.4, -0.2) is 55.9 Å². The monoisotopic (exact) mass is 914 g/mol. The second-order valence-electron chi connectivity index (χ2n) is 10.6. The van der Waals surface area contributed by atoms with Gasteiger partial charge in [0.05, 0.1) is 34.6 Å². The van der Waals surface area contributed by atoms with E-state index in [1.54, 1.807) is 18.2 Å². The summed E-state index contributed by atoms with van der Waals surface area (Å²) in [4.78, 5) is 53.9. The van der Waals surface area contributed by atoms with Crippen molar-refractivity contribution in [1.29, 1.82) is 0 Å². The van der Waals surface area contributed by atoms with E-state index < -0.39 is 45.2 Å². The summed E-state index contributed by atoms with van der Waals surface area (Å²) < 4.78 is 6.99. The largest absolute Gasteiger partial charge is 0.503 e. The van der Waals surface area contributed by atoms with Gasteiger partial charge in [0.2, 0.25) is 11.8 Å². The molecule has 0 bridgehead atoms. The number of phenols is 1. The average Bonchev–Trinajstić information content (AvgIpc) is 3.30. The lowest BCUT2D eigenvalue weighted by molar-refractivity contribution is -0.138. The third kappa shape index (κ3) is 4.00. The molecule has 0 spiro atoms. The van der Waals surface area contributed by atoms with Crippen molar-refractivity contribution in [2.24, 2.45) is 17.8 Å². The minimum Gasteiger partial charge on any atom is -0.503 e. The number of aromatic hydroxyl groups is 1. The molecule has 42 heavy (non-hydrogen) atoms. The molecule has 8 nitrogen and oxygen atoms in total. The summed E-state index contributed by atoms with van der Waals surface area (Å²) in [5.41, 5.74) is 1.40. The third-order valence-electron chi connectivity index (χ3n) is 8.80. The Kier molecular flexibility index (Phi) is 7.86. The Morgan fingerprint density at radius 3 is 2.33 bits per heavy atom. The van der Waals surface area contributed by atoms with Gasteiger partial charge >= 0.3 is 0 Å². The summed E-state index contributed by atoms with van der Waals surface area (Å²) in [5.74, 6) is -5.35. The van der Waals surface area contributed by atoms with E-state index in [0.29, 0.717) is 21.3 Å². The number of carbonyl (C=O) groups is 4. The first kappa shape index (κ1) is 30.8. The molecular weight excluding hydrogens is 898 g/mol. The van der Waals surface area contributed by atoms with Crippen LogP contribution in [0.25, 0.3) is 0 Å². The van der Waals surface area contributed by atoms with Crippen LogP contribution in [0.1, 0.15) is 24.3 Å². The van der Waals surface area contributed by atoms with Crippen LogP contribution in [0.15, 0.2) is 50.9 Å². The number of imide groups is 2. The Hall–Kier alpha value is -1.19. The van der Waals surface area contributed by atoms with E-state index >= 15 is 0 Å². The van der Waals surface area contributed by atoms with Crippen molar-refractivity contribution in [2.45, 2.75) is 28.5 Å². The molecule has 2 aliphatic carbocycles. The predicted octanol–water partition coefficient (Wildman–Crippen LogP) is 6.45. The lowest BCUT2D eigenvalue weighted by Gasteiger charge is -2.51. The SMILES string of the molecule is COc1cc([C@H]2C3=CC[C@@H]4C(=O)N(c5ccc(I)cc5)C(=O)[C@@H]4[C@@H]3C[C@@]3(Cl)C(=O)N(CBr)C(=O)[C@@]23Cl)c(Br)c(Br)c1O. The average molecular weight is 918 g/mol. The number of allylic oxidation sites excluding steroid dienone is 2. The minimum atomic E-state index is -1.99. The highest BCUT2D eigenvalue weighted by molar-refractivity contribution is 14.1. The number of methoxy groups -OCH3 is 1. The Morgan fingerprint density at radius 2 is 1.71 bits per heavy atom. The van der Waals surface area contributed by atoms with Crippen LogP contribution < -0.4 is 9.64 Å². The number of carbonyl (C=O) groups excluding carboxylic acids is 4. The van der Waals surface area contributed by atoms with Crippen LogP contribution in [0.2, 0.25) is 0 Å². The first-order valence-electron chi connectivity index (χ1n) is 12.7. The van der Waals surface area contributed by atoms with E-state index in [1.807, 2.05) is 18.2 Å². The highest BCUT2D eigenvalue weighted by atomic mass is 127. The van der Waals surface area contributed by atoms with Gasteiger partial charge in [-0.3, -0.25) is 29.0 Å². The number of alkyl halides is 3. The first-order chi connectivity index (χ1) is 19.8. The molecule has 2 aliphatic heterocycles. The van der Waals surface area contributed by atoms with Gasteiger partial charge in [-0.25, -0.2) is 0 Å². The zero-order chi connectivity index (χ0) is 30.5. The molecule has 2 aromatic carbocycles. The number of nitrogens with zero attached hydrogens (tertiary/aromatic N) is 2. The predicted molar refractivity (Wildman–Crippen MR) is 175 cm³/mol. The van der Waals surface area contributed by atoms with Gasteiger partial charge in [0, 0.05) is 14.0 Å². The number of anilines is 1. The number of likely N-dealkylation sites (tertiary alicyclic amines) is 1. The van der Waals surface area contributed by atoms with E-state index in [-0.39, 0.29) is 46.1 Å². The van der Waals surface area contributed by atoms with Crippen molar-refractivity contribution < 1.29 is 29.0 Å². The van der Waals surface area contributed by atoms with Crippen molar-refractivity contribution in [3.63, 3.8) is 0 Å². The van der Waals surface area contributed by atoms with Crippen molar-refractivity contribution in [3.05, 3.63) is 60.1 Å². The normalized spacial score (nSPS) is 32.1. The molecule has 0 aromatic heterocycles. The topological polar surface area (TPSA) is 104 Å². The molecule has 6 atom stereocenters. The van der Waals surface area contributed by atoms with Gasteiger partial charge < -0.3 is 9.84 Å². The van der Waals surface area contributed by atoms with Crippen molar-refractivity contribution in [2.75, 3.05) is 17.5 Å². The molecule has 1 N–H and O–H groups in total. The molecule has 2 aromatic rings. The maximum Gasteiger partial charge on any atom is 0.254 e. The molecule has 4 aliphatic rings. The molecule has 1 saturated carbocycles. The van der Waals surface area contributed by atoms with Crippen LogP contribution in [-0.2, 0) is 19.2 Å². The standard InChI is InChI=1S/C28H20Br3Cl2IN2O6/c1-42-17-8-15(20(30)21(31)22(17)37)19-13-6-7-14-18(24(39)36(23(14)38)12-4-2-11(34)3-5-12)16(13)9-27(32)25(40)35(10-29)26(41)28(19,27)33/h2-6,8,14,16,18-19,37H,7,9-10H2,1H3/t14-,16+,18-,19+,27+,28-/m0/s1. The summed E-state index contributed by atoms with van der Waals surface area (Å²) in [6.07, 6.45) is 1.97. The summed E-state index contributed by atoms with van der Waals surface area (Å²) in [7, 11) is 1.38. The Bertz CT molecular complexity index is 1620. The number of phenolic OH excluding ortho intramolecular Hbond substituents is 1. The first-order valence-corrected chi connectivity index (χ1v) is 17.3. The van der Waals surface area contributed by atoms with E-state index in [0.717, 1.165) is 8.47 Å². The number of halogens is 6. The van der Waals surface area contributed by atoms with Gasteiger partial charge in [0.15, 0.2) is 21.2 Å². The Balaban J connectivity index is 1.56. The van der Waals surface area contributed by atoms with Crippen LogP contribution in [0, 0.1) is 21.3 Å². The molecule has 2 saturated heterocycles. The van der Waals surface area contributed by atoms with Crippen LogP contribution in [0.3, 0.4) is 0 Å². The van der Waals surface area contributed by atoms with Gasteiger partial charge in [-0.05, 0) is 109 Å². The fourth-order valence-corrected chi connectivity index (χ4v) is 9.65. The number of ether oxygens (including phenoxy) is 1. The Labute approximate surface area is 289 Å². The maximum absolute atomic E-state index is 14.1. The zero-order valence-corrected chi connectivity index (χ0v) is 30.0. The van der Waals surface area contributed by atoms with E-state index in [9.17, 15) is 24.3 Å². The summed E-state index contributed by atoms with van der Waals surface area (Å²) in [5, 5.41) is 10.7. The molecule has 3 fully saturated rings. The fraction of sp³-hybridized carbons (Fsp3) is 0.357. The van der Waals surface area contributed by atoms with Gasteiger partial charge in [-0.2, -0.15) is 0 Å². The van der Waals surface area contributed by atoms with Crippen molar-refractivity contribution in [1.82, 2.24) is 4.90 Å². The number of hydrogen-bond acceptors (Lipinski definition) is 6. The number of amides is 4. The van der Waals surface area contributed by atoms with E-state index in [1.165, 1.54) is 12.0 Å². The quantitative estimate of drug-likeness (QED) is 0.125. The van der Waals surface area contributed by atoms with Gasteiger partial charge in [-0.15, -0.1) is 23.2 Å². The Morgan fingerprint density at radius 1 is 1.05 bits per heavy atom.